The molecule has 0 amide bonds. The second-order valence-electron chi connectivity index (χ2n) is 7.69. The minimum Gasteiger partial charge on any atom is -0.494 e. The van der Waals surface area contributed by atoms with E-state index >= 15 is 0 Å². The topological polar surface area (TPSA) is 54.9 Å². The van der Waals surface area contributed by atoms with Crippen molar-refractivity contribution in [2.45, 2.75) is 65.5 Å². The van der Waals surface area contributed by atoms with Crippen molar-refractivity contribution in [3.05, 3.63) is 59.7 Å². The second kappa shape index (κ2) is 14.4. The number of unbranched alkanes of at least 4 members (excludes halogenated alkanes) is 4. The SMILES string of the molecule is CCCCCCCOc1ccc(/C=N\NC(=S)NCc2ccc(OC(C)C)cc2)cc1. The van der Waals surface area contributed by atoms with E-state index in [1.165, 1.54) is 25.7 Å². The van der Waals surface area contributed by atoms with E-state index in [9.17, 15) is 0 Å². The zero-order valence-corrected chi connectivity index (χ0v) is 19.7. The van der Waals surface area contributed by atoms with E-state index in [0.29, 0.717) is 11.7 Å². The van der Waals surface area contributed by atoms with Gasteiger partial charge in [0, 0.05) is 6.54 Å². The molecular weight excluding hydrogens is 406 g/mol. The highest BCUT2D eigenvalue weighted by atomic mass is 32.1. The molecule has 0 aliphatic rings. The summed E-state index contributed by atoms with van der Waals surface area (Å²) in [5.74, 6) is 1.76. The lowest BCUT2D eigenvalue weighted by Crippen LogP contribution is -2.31. The summed E-state index contributed by atoms with van der Waals surface area (Å²) in [5, 5.41) is 7.81. The number of hydrogen-bond acceptors (Lipinski definition) is 4. The minimum atomic E-state index is 0.169. The Kier molecular flexibility index (Phi) is 11.5. The van der Waals surface area contributed by atoms with Crippen molar-refractivity contribution in [1.29, 1.82) is 0 Å². The van der Waals surface area contributed by atoms with Gasteiger partial charge < -0.3 is 14.8 Å². The highest BCUT2D eigenvalue weighted by molar-refractivity contribution is 7.80. The number of rotatable bonds is 13. The van der Waals surface area contributed by atoms with Crippen molar-refractivity contribution in [2.24, 2.45) is 5.10 Å². The molecule has 168 valence electrons. The summed E-state index contributed by atoms with van der Waals surface area (Å²) in [6.07, 6.45) is 8.11. The first-order chi connectivity index (χ1) is 15.1. The van der Waals surface area contributed by atoms with E-state index in [1.807, 2.05) is 62.4 Å². The third-order valence-electron chi connectivity index (χ3n) is 4.52. The van der Waals surface area contributed by atoms with E-state index in [-0.39, 0.29) is 6.10 Å². The number of hydrogen-bond donors (Lipinski definition) is 2. The number of nitrogens with zero attached hydrogens (tertiary/aromatic N) is 1. The molecule has 2 aromatic carbocycles. The molecule has 31 heavy (non-hydrogen) atoms. The molecule has 0 fully saturated rings. The molecule has 0 atom stereocenters. The van der Waals surface area contributed by atoms with Crippen LogP contribution >= 0.6 is 12.2 Å². The molecule has 0 aliphatic heterocycles. The first kappa shape index (κ1) is 24.7. The van der Waals surface area contributed by atoms with Crippen LogP contribution in [0.25, 0.3) is 0 Å². The van der Waals surface area contributed by atoms with Crippen molar-refractivity contribution < 1.29 is 9.47 Å². The maximum Gasteiger partial charge on any atom is 0.187 e. The van der Waals surface area contributed by atoms with Gasteiger partial charge in [-0.1, -0.05) is 44.7 Å². The van der Waals surface area contributed by atoms with Crippen molar-refractivity contribution in [1.82, 2.24) is 10.7 Å². The van der Waals surface area contributed by atoms with Crippen LogP contribution in [-0.2, 0) is 6.54 Å². The van der Waals surface area contributed by atoms with Gasteiger partial charge in [0.15, 0.2) is 5.11 Å². The Hall–Kier alpha value is -2.60. The quantitative estimate of drug-likeness (QED) is 0.177. The lowest BCUT2D eigenvalue weighted by atomic mass is 10.2. The van der Waals surface area contributed by atoms with Gasteiger partial charge in [-0.2, -0.15) is 5.10 Å². The third-order valence-corrected chi connectivity index (χ3v) is 4.76. The summed E-state index contributed by atoms with van der Waals surface area (Å²) < 4.78 is 11.4. The van der Waals surface area contributed by atoms with E-state index in [1.54, 1.807) is 6.21 Å². The Labute approximate surface area is 192 Å². The Morgan fingerprint density at radius 1 is 0.968 bits per heavy atom. The highest BCUT2D eigenvalue weighted by Gasteiger charge is 2.00. The van der Waals surface area contributed by atoms with E-state index in [0.717, 1.165) is 35.7 Å². The zero-order valence-electron chi connectivity index (χ0n) is 18.9. The summed E-state index contributed by atoms with van der Waals surface area (Å²) in [4.78, 5) is 0. The van der Waals surface area contributed by atoms with Gasteiger partial charge in [0.2, 0.25) is 0 Å². The van der Waals surface area contributed by atoms with Crippen LogP contribution in [0, 0.1) is 0 Å². The number of ether oxygens (including phenoxy) is 2. The number of nitrogens with one attached hydrogen (secondary N) is 2. The number of thiocarbonyl (C=S) groups is 1. The molecule has 0 saturated heterocycles. The van der Waals surface area contributed by atoms with E-state index < -0.39 is 0 Å². The maximum absolute atomic E-state index is 5.79. The molecule has 0 aliphatic carbocycles. The van der Waals surface area contributed by atoms with E-state index in [2.05, 4.69) is 22.8 Å². The van der Waals surface area contributed by atoms with Crippen LogP contribution in [-0.4, -0.2) is 24.0 Å². The van der Waals surface area contributed by atoms with Gasteiger partial charge in [-0.25, -0.2) is 0 Å². The molecule has 0 saturated carbocycles. The summed E-state index contributed by atoms with van der Waals surface area (Å²) in [6, 6.07) is 15.9. The van der Waals surface area contributed by atoms with Gasteiger partial charge in [-0.15, -0.1) is 0 Å². The standard InChI is InChI=1S/C25H35N3O2S/c1-4-5-6-7-8-17-29-23-13-9-22(10-14-23)19-27-28-25(31)26-18-21-11-15-24(16-12-21)30-20(2)3/h9-16,19-20H,4-8,17-18H2,1-3H3,(H2,26,28,31)/b27-19-. The van der Waals surface area contributed by atoms with E-state index in [4.69, 9.17) is 21.7 Å². The van der Waals surface area contributed by atoms with Gasteiger partial charge >= 0.3 is 0 Å². The van der Waals surface area contributed by atoms with Gasteiger partial charge in [0.25, 0.3) is 0 Å². The van der Waals surface area contributed by atoms with Crippen molar-refractivity contribution in [2.75, 3.05) is 6.61 Å². The van der Waals surface area contributed by atoms with Crippen LogP contribution in [0.5, 0.6) is 11.5 Å². The molecule has 5 nitrogen and oxygen atoms in total. The monoisotopic (exact) mass is 441 g/mol. The third kappa shape index (κ3) is 10.8. The van der Waals surface area contributed by atoms with Gasteiger partial charge in [-0.05, 0) is 80.0 Å². The fraction of sp³-hybridized carbons (Fsp3) is 0.440. The minimum absolute atomic E-state index is 0.169. The average Bonchev–Trinajstić information content (AvgIpc) is 2.76. The first-order valence-electron chi connectivity index (χ1n) is 11.1. The molecule has 2 aromatic rings. The lowest BCUT2D eigenvalue weighted by Gasteiger charge is -2.11. The molecule has 6 heteroatoms. The van der Waals surface area contributed by atoms with Crippen LogP contribution in [0.4, 0.5) is 0 Å². The molecule has 2 rings (SSSR count). The van der Waals surface area contributed by atoms with Gasteiger partial charge in [0.1, 0.15) is 11.5 Å². The summed E-state index contributed by atoms with van der Waals surface area (Å²) in [5.41, 5.74) is 4.94. The normalized spacial score (nSPS) is 11.0. The molecule has 0 heterocycles. The fourth-order valence-electron chi connectivity index (χ4n) is 2.89. The van der Waals surface area contributed by atoms with Gasteiger partial charge in [-0.3, -0.25) is 5.43 Å². The summed E-state index contributed by atoms with van der Waals surface area (Å²) in [7, 11) is 0. The Morgan fingerprint density at radius 2 is 1.65 bits per heavy atom. The van der Waals surface area contributed by atoms with Crippen molar-refractivity contribution in [3.63, 3.8) is 0 Å². The van der Waals surface area contributed by atoms with Crippen LogP contribution in [0.2, 0.25) is 0 Å². The highest BCUT2D eigenvalue weighted by Crippen LogP contribution is 2.14. The van der Waals surface area contributed by atoms with Crippen LogP contribution in [0.3, 0.4) is 0 Å². The molecule has 0 aromatic heterocycles. The molecule has 0 spiro atoms. The fourth-order valence-corrected chi connectivity index (χ4v) is 3.02. The molecule has 2 N–H and O–H groups in total. The van der Waals surface area contributed by atoms with Crippen molar-refractivity contribution in [3.8, 4) is 11.5 Å². The van der Waals surface area contributed by atoms with Crippen LogP contribution < -0.4 is 20.2 Å². The predicted molar refractivity (Wildman–Crippen MR) is 133 cm³/mol. The largest absolute Gasteiger partial charge is 0.494 e. The average molecular weight is 442 g/mol. The molecule has 0 bridgehead atoms. The molecule has 0 radical (unpaired) electrons. The number of benzene rings is 2. The predicted octanol–water partition coefficient (Wildman–Crippen LogP) is 5.82. The van der Waals surface area contributed by atoms with Crippen LogP contribution in [0.1, 0.15) is 64.0 Å². The smallest absolute Gasteiger partial charge is 0.187 e. The molecule has 0 unspecified atom stereocenters. The molecular formula is C25H35N3O2S. The number of hydrazone groups is 1. The summed E-state index contributed by atoms with van der Waals surface area (Å²) in [6.45, 7) is 7.64. The zero-order chi connectivity index (χ0) is 22.3. The lowest BCUT2D eigenvalue weighted by molar-refractivity contribution is 0.242. The van der Waals surface area contributed by atoms with Crippen molar-refractivity contribution >= 4 is 23.5 Å². The van der Waals surface area contributed by atoms with Crippen LogP contribution in [0.15, 0.2) is 53.6 Å². The first-order valence-corrected chi connectivity index (χ1v) is 11.5. The maximum atomic E-state index is 5.79. The Balaban J connectivity index is 1.65. The second-order valence-corrected chi connectivity index (χ2v) is 8.10. The summed E-state index contributed by atoms with van der Waals surface area (Å²) >= 11 is 5.28. The van der Waals surface area contributed by atoms with Gasteiger partial charge in [0.05, 0.1) is 18.9 Å². The Bertz CT molecular complexity index is 789. The Morgan fingerprint density at radius 3 is 2.32 bits per heavy atom.